The van der Waals surface area contributed by atoms with Crippen LogP contribution in [0.2, 0.25) is 0 Å². The Labute approximate surface area is 178 Å². The van der Waals surface area contributed by atoms with Gasteiger partial charge < -0.3 is 26.8 Å². The van der Waals surface area contributed by atoms with E-state index in [2.05, 4.69) is 15.3 Å². The summed E-state index contributed by atoms with van der Waals surface area (Å²) in [5, 5.41) is 23.3. The standard InChI is InChI=1S/C21H21BN6O3/c23-11-14-9-16-15(20(24)29)7-4-8-17(16)28(14)21-26-18(22(30)31)10-19(27-21)25-12-13-5-2-1-3-6-13/h1-10,30-31H,11-12,23H2,(H2,24,29)(H,25,26,27). The van der Waals surface area contributed by atoms with Crippen molar-refractivity contribution in [2.75, 3.05) is 5.32 Å². The molecule has 0 bridgehead atoms. The Hall–Kier alpha value is -3.73. The van der Waals surface area contributed by atoms with Gasteiger partial charge in [0.15, 0.2) is 0 Å². The zero-order valence-corrected chi connectivity index (χ0v) is 16.6. The molecule has 0 aliphatic rings. The summed E-state index contributed by atoms with van der Waals surface area (Å²) in [6.07, 6.45) is 0. The number of benzene rings is 2. The Morgan fingerprint density at radius 1 is 1.06 bits per heavy atom. The fourth-order valence-electron chi connectivity index (χ4n) is 3.45. The van der Waals surface area contributed by atoms with Gasteiger partial charge in [0, 0.05) is 29.7 Å². The van der Waals surface area contributed by atoms with Gasteiger partial charge in [0.2, 0.25) is 11.9 Å². The minimum atomic E-state index is -1.79. The Balaban J connectivity index is 1.83. The van der Waals surface area contributed by atoms with Gasteiger partial charge in [-0.25, -0.2) is 4.98 Å². The van der Waals surface area contributed by atoms with Gasteiger partial charge >= 0.3 is 7.12 Å². The maximum absolute atomic E-state index is 11.9. The first-order valence-electron chi connectivity index (χ1n) is 9.64. The maximum Gasteiger partial charge on any atom is 0.508 e. The number of nitrogens with one attached hydrogen (secondary N) is 1. The van der Waals surface area contributed by atoms with Crippen molar-refractivity contribution in [1.82, 2.24) is 14.5 Å². The molecule has 0 radical (unpaired) electrons. The Kier molecular flexibility index (Phi) is 5.67. The molecular formula is C21H21BN6O3. The zero-order chi connectivity index (χ0) is 22.0. The molecule has 2 aromatic carbocycles. The third-order valence-corrected chi connectivity index (χ3v) is 4.91. The summed E-state index contributed by atoms with van der Waals surface area (Å²) in [7, 11) is -1.79. The lowest BCUT2D eigenvalue weighted by Crippen LogP contribution is -2.34. The van der Waals surface area contributed by atoms with Crippen LogP contribution in [0, 0.1) is 0 Å². The molecule has 0 aliphatic carbocycles. The molecule has 31 heavy (non-hydrogen) atoms. The first-order chi connectivity index (χ1) is 15.0. The van der Waals surface area contributed by atoms with E-state index in [0.29, 0.717) is 34.5 Å². The second-order valence-electron chi connectivity index (χ2n) is 6.97. The number of carbonyl (C=O) groups excluding carboxylic acids is 1. The topological polar surface area (TPSA) is 152 Å². The first kappa shape index (κ1) is 20.5. The second kappa shape index (κ2) is 8.56. The van der Waals surface area contributed by atoms with Crippen molar-refractivity contribution in [3.05, 3.63) is 77.5 Å². The first-order valence-corrected chi connectivity index (χ1v) is 9.64. The molecule has 4 rings (SSSR count). The van der Waals surface area contributed by atoms with E-state index >= 15 is 0 Å². The van der Waals surface area contributed by atoms with E-state index in [0.717, 1.165) is 5.56 Å². The second-order valence-corrected chi connectivity index (χ2v) is 6.97. The van der Waals surface area contributed by atoms with Crippen LogP contribution in [0.4, 0.5) is 5.82 Å². The van der Waals surface area contributed by atoms with Crippen molar-refractivity contribution < 1.29 is 14.8 Å². The number of hydrogen-bond acceptors (Lipinski definition) is 7. The largest absolute Gasteiger partial charge is 0.508 e. The minimum absolute atomic E-state index is 0.0245. The summed E-state index contributed by atoms with van der Waals surface area (Å²) >= 11 is 0. The van der Waals surface area contributed by atoms with Crippen molar-refractivity contribution in [3.8, 4) is 5.95 Å². The molecule has 0 atom stereocenters. The number of rotatable bonds is 7. The van der Waals surface area contributed by atoms with Crippen molar-refractivity contribution in [1.29, 1.82) is 0 Å². The van der Waals surface area contributed by atoms with Gasteiger partial charge in [-0.1, -0.05) is 36.4 Å². The van der Waals surface area contributed by atoms with Gasteiger partial charge in [-0.2, -0.15) is 4.98 Å². The molecule has 2 heterocycles. The van der Waals surface area contributed by atoms with Crippen LogP contribution in [-0.4, -0.2) is 37.6 Å². The zero-order valence-electron chi connectivity index (χ0n) is 16.6. The van der Waals surface area contributed by atoms with Crippen LogP contribution in [-0.2, 0) is 13.1 Å². The van der Waals surface area contributed by atoms with Crippen LogP contribution in [0.3, 0.4) is 0 Å². The van der Waals surface area contributed by atoms with E-state index in [4.69, 9.17) is 11.5 Å². The van der Waals surface area contributed by atoms with Crippen molar-refractivity contribution in [2.45, 2.75) is 13.1 Å². The minimum Gasteiger partial charge on any atom is -0.422 e. The molecule has 1 amide bonds. The number of aromatic nitrogens is 3. The van der Waals surface area contributed by atoms with E-state index < -0.39 is 13.0 Å². The number of fused-ring (bicyclic) bond motifs is 1. The van der Waals surface area contributed by atoms with E-state index in [1.165, 1.54) is 6.07 Å². The molecule has 156 valence electrons. The lowest BCUT2D eigenvalue weighted by molar-refractivity contribution is 0.100. The fraction of sp³-hybridized carbons (Fsp3) is 0.0952. The molecule has 0 aliphatic heterocycles. The Morgan fingerprint density at radius 2 is 1.84 bits per heavy atom. The third kappa shape index (κ3) is 4.12. The highest BCUT2D eigenvalue weighted by Gasteiger charge is 2.20. The highest BCUT2D eigenvalue weighted by atomic mass is 16.4. The van der Waals surface area contributed by atoms with Crippen LogP contribution in [0.1, 0.15) is 21.6 Å². The summed E-state index contributed by atoms with van der Waals surface area (Å²) in [6.45, 7) is 0.634. The van der Waals surface area contributed by atoms with Gasteiger partial charge in [0.05, 0.1) is 11.1 Å². The molecule has 0 fully saturated rings. The average Bonchev–Trinajstić information content (AvgIpc) is 3.16. The number of nitrogens with two attached hydrogens (primary N) is 2. The number of primary amides is 1. The molecule has 0 saturated heterocycles. The number of amides is 1. The molecule has 0 spiro atoms. The number of hydrogen-bond donors (Lipinski definition) is 5. The highest BCUT2D eigenvalue weighted by Crippen LogP contribution is 2.26. The molecule has 10 heteroatoms. The Morgan fingerprint density at radius 3 is 2.52 bits per heavy atom. The summed E-state index contributed by atoms with van der Waals surface area (Å²) in [4.78, 5) is 20.7. The summed E-state index contributed by atoms with van der Waals surface area (Å²) in [5.41, 5.74) is 14.1. The number of carbonyl (C=O) groups is 1. The summed E-state index contributed by atoms with van der Waals surface area (Å²) in [5.74, 6) is 0.0445. The van der Waals surface area contributed by atoms with Crippen LogP contribution in [0.5, 0.6) is 0 Å². The van der Waals surface area contributed by atoms with E-state index in [9.17, 15) is 14.8 Å². The molecule has 0 saturated carbocycles. The lowest BCUT2D eigenvalue weighted by Gasteiger charge is -2.13. The summed E-state index contributed by atoms with van der Waals surface area (Å²) in [6, 6.07) is 18.1. The third-order valence-electron chi connectivity index (χ3n) is 4.91. The van der Waals surface area contributed by atoms with Gasteiger partial charge in [-0.05, 0) is 29.8 Å². The number of anilines is 1. The van der Waals surface area contributed by atoms with Gasteiger partial charge in [-0.15, -0.1) is 0 Å². The monoisotopic (exact) mass is 416 g/mol. The summed E-state index contributed by atoms with van der Waals surface area (Å²) < 4.78 is 1.68. The predicted molar refractivity (Wildman–Crippen MR) is 119 cm³/mol. The normalized spacial score (nSPS) is 10.9. The van der Waals surface area contributed by atoms with E-state index in [1.807, 2.05) is 30.3 Å². The van der Waals surface area contributed by atoms with Crippen LogP contribution in [0.25, 0.3) is 16.9 Å². The Bertz CT molecular complexity index is 1240. The average molecular weight is 416 g/mol. The van der Waals surface area contributed by atoms with Crippen molar-refractivity contribution in [2.24, 2.45) is 11.5 Å². The van der Waals surface area contributed by atoms with E-state index in [1.54, 1.807) is 28.8 Å². The smallest absolute Gasteiger partial charge is 0.422 e. The molecule has 2 aromatic heterocycles. The SMILES string of the molecule is NCc1cc2c(C(N)=O)cccc2n1-c1nc(NCc2ccccc2)cc(B(O)O)n1. The van der Waals surface area contributed by atoms with Gasteiger partial charge in [0.1, 0.15) is 5.82 Å². The van der Waals surface area contributed by atoms with E-state index in [-0.39, 0.29) is 18.1 Å². The molecule has 4 aromatic rings. The molecule has 0 unspecified atom stereocenters. The maximum atomic E-state index is 11.9. The molecule has 7 N–H and O–H groups in total. The van der Waals surface area contributed by atoms with Crippen LogP contribution in [0.15, 0.2) is 60.7 Å². The van der Waals surface area contributed by atoms with Crippen LogP contribution >= 0.6 is 0 Å². The van der Waals surface area contributed by atoms with Crippen molar-refractivity contribution in [3.63, 3.8) is 0 Å². The molecular weight excluding hydrogens is 395 g/mol. The highest BCUT2D eigenvalue weighted by molar-refractivity contribution is 6.57. The number of nitrogens with zero attached hydrogens (tertiary/aromatic N) is 3. The van der Waals surface area contributed by atoms with Gasteiger partial charge in [0.25, 0.3) is 0 Å². The van der Waals surface area contributed by atoms with Crippen LogP contribution < -0.4 is 22.4 Å². The molecule has 9 nitrogen and oxygen atoms in total. The van der Waals surface area contributed by atoms with Crippen molar-refractivity contribution >= 4 is 35.3 Å². The van der Waals surface area contributed by atoms with Gasteiger partial charge in [-0.3, -0.25) is 9.36 Å². The quantitative estimate of drug-likeness (QED) is 0.271. The fourth-order valence-corrected chi connectivity index (χ4v) is 3.45. The lowest BCUT2D eigenvalue weighted by atomic mass is 9.86. The predicted octanol–water partition coefficient (Wildman–Crippen LogP) is 0.270.